The van der Waals surface area contributed by atoms with E-state index in [4.69, 9.17) is 4.74 Å². The second kappa shape index (κ2) is 5.84. The highest BCUT2D eigenvalue weighted by Crippen LogP contribution is 2.20. The van der Waals surface area contributed by atoms with Crippen molar-refractivity contribution in [3.8, 4) is 5.75 Å². The van der Waals surface area contributed by atoms with Gasteiger partial charge in [-0.15, -0.1) is 0 Å². The standard InChI is InChI=1S/C11H12BrFO3/c1-15-8-3-4-10(13)7(5-8)6-9(12)11(14)16-2/h3-5,9H,6H2,1-2H3. The van der Waals surface area contributed by atoms with Crippen molar-refractivity contribution in [2.45, 2.75) is 11.2 Å². The fourth-order valence-electron chi connectivity index (χ4n) is 1.24. The van der Waals surface area contributed by atoms with E-state index in [1.807, 2.05) is 0 Å². The number of benzene rings is 1. The van der Waals surface area contributed by atoms with E-state index in [2.05, 4.69) is 20.7 Å². The molecule has 0 aliphatic heterocycles. The Balaban J connectivity index is 2.83. The fraction of sp³-hybridized carbons (Fsp3) is 0.364. The molecule has 5 heteroatoms. The van der Waals surface area contributed by atoms with Crippen LogP contribution in [0.4, 0.5) is 4.39 Å². The van der Waals surface area contributed by atoms with Crippen molar-refractivity contribution in [2.75, 3.05) is 14.2 Å². The summed E-state index contributed by atoms with van der Waals surface area (Å²) in [5.41, 5.74) is 0.409. The summed E-state index contributed by atoms with van der Waals surface area (Å²) >= 11 is 3.14. The van der Waals surface area contributed by atoms with E-state index in [-0.39, 0.29) is 12.2 Å². The minimum Gasteiger partial charge on any atom is -0.497 e. The molecule has 0 bridgehead atoms. The molecule has 0 radical (unpaired) electrons. The molecule has 0 saturated heterocycles. The fourth-order valence-corrected chi connectivity index (χ4v) is 1.77. The Morgan fingerprint density at radius 1 is 1.50 bits per heavy atom. The Morgan fingerprint density at radius 2 is 2.19 bits per heavy atom. The number of methoxy groups -OCH3 is 2. The Labute approximate surface area is 102 Å². The number of carbonyl (C=O) groups is 1. The number of halogens is 2. The van der Waals surface area contributed by atoms with Crippen molar-refractivity contribution in [3.63, 3.8) is 0 Å². The Morgan fingerprint density at radius 3 is 2.75 bits per heavy atom. The lowest BCUT2D eigenvalue weighted by Gasteiger charge is -2.09. The molecule has 1 unspecified atom stereocenters. The van der Waals surface area contributed by atoms with Gasteiger partial charge in [-0.3, -0.25) is 4.79 Å². The largest absolute Gasteiger partial charge is 0.497 e. The molecule has 0 N–H and O–H groups in total. The normalized spacial score (nSPS) is 12.0. The molecular weight excluding hydrogens is 279 g/mol. The van der Waals surface area contributed by atoms with Crippen LogP contribution < -0.4 is 4.74 Å². The van der Waals surface area contributed by atoms with Gasteiger partial charge in [-0.2, -0.15) is 0 Å². The molecule has 16 heavy (non-hydrogen) atoms. The summed E-state index contributed by atoms with van der Waals surface area (Å²) in [6.07, 6.45) is 0.218. The smallest absolute Gasteiger partial charge is 0.319 e. The first-order valence-corrected chi connectivity index (χ1v) is 5.54. The Hall–Kier alpha value is -1.10. The van der Waals surface area contributed by atoms with Gasteiger partial charge in [-0.1, -0.05) is 15.9 Å². The van der Waals surface area contributed by atoms with Crippen molar-refractivity contribution in [1.82, 2.24) is 0 Å². The van der Waals surface area contributed by atoms with Gasteiger partial charge in [0, 0.05) is 0 Å². The topological polar surface area (TPSA) is 35.5 Å². The highest BCUT2D eigenvalue weighted by Gasteiger charge is 2.18. The zero-order chi connectivity index (χ0) is 12.1. The number of rotatable bonds is 4. The minimum absolute atomic E-state index is 0.218. The monoisotopic (exact) mass is 290 g/mol. The van der Waals surface area contributed by atoms with Crippen molar-refractivity contribution in [3.05, 3.63) is 29.6 Å². The van der Waals surface area contributed by atoms with Crippen LogP contribution >= 0.6 is 15.9 Å². The van der Waals surface area contributed by atoms with Crippen molar-refractivity contribution >= 4 is 21.9 Å². The quantitative estimate of drug-likeness (QED) is 0.631. The zero-order valence-corrected chi connectivity index (χ0v) is 10.6. The van der Waals surface area contributed by atoms with E-state index in [1.165, 1.54) is 26.4 Å². The van der Waals surface area contributed by atoms with Gasteiger partial charge in [0.05, 0.1) is 14.2 Å². The Bertz CT molecular complexity index is 381. The van der Waals surface area contributed by atoms with Crippen LogP contribution in [0.5, 0.6) is 5.75 Å². The Kier molecular flexibility index (Phi) is 4.73. The van der Waals surface area contributed by atoms with Gasteiger partial charge in [0.15, 0.2) is 0 Å². The molecule has 1 rings (SSSR count). The first kappa shape index (κ1) is 13.0. The van der Waals surface area contributed by atoms with Crippen LogP contribution in [0.1, 0.15) is 5.56 Å². The van der Waals surface area contributed by atoms with Gasteiger partial charge in [-0.05, 0) is 30.2 Å². The van der Waals surface area contributed by atoms with Gasteiger partial charge in [0.2, 0.25) is 0 Å². The SMILES string of the molecule is COC(=O)C(Br)Cc1cc(OC)ccc1F. The number of hydrogen-bond acceptors (Lipinski definition) is 3. The highest BCUT2D eigenvalue weighted by atomic mass is 79.9. The molecular formula is C11H12BrFO3. The number of esters is 1. The van der Waals surface area contributed by atoms with Crippen molar-refractivity contribution in [2.24, 2.45) is 0 Å². The summed E-state index contributed by atoms with van der Waals surface area (Å²) in [6, 6.07) is 4.40. The van der Waals surface area contributed by atoms with Crippen LogP contribution in [0.25, 0.3) is 0 Å². The van der Waals surface area contributed by atoms with Gasteiger partial charge in [-0.25, -0.2) is 4.39 Å². The molecule has 0 amide bonds. The van der Waals surface area contributed by atoms with Gasteiger partial charge in [0.1, 0.15) is 16.4 Å². The molecule has 0 aliphatic rings. The summed E-state index contributed by atoms with van der Waals surface area (Å²) in [4.78, 5) is 10.6. The number of carbonyl (C=O) groups excluding carboxylic acids is 1. The molecule has 88 valence electrons. The summed E-state index contributed by atoms with van der Waals surface area (Å²) in [5.74, 6) is -0.239. The van der Waals surface area contributed by atoms with E-state index in [1.54, 1.807) is 6.07 Å². The average Bonchev–Trinajstić information content (AvgIpc) is 2.30. The van der Waals surface area contributed by atoms with Crippen LogP contribution in [0.2, 0.25) is 0 Å². The van der Waals surface area contributed by atoms with Crippen LogP contribution in [0.3, 0.4) is 0 Å². The lowest BCUT2D eigenvalue weighted by molar-refractivity contribution is -0.139. The summed E-state index contributed by atoms with van der Waals surface area (Å²) < 4.78 is 22.9. The lowest BCUT2D eigenvalue weighted by Crippen LogP contribution is -2.18. The maximum atomic E-state index is 13.4. The number of ether oxygens (including phenoxy) is 2. The third-order valence-corrected chi connectivity index (χ3v) is 2.81. The van der Waals surface area contributed by atoms with Gasteiger partial charge < -0.3 is 9.47 Å². The van der Waals surface area contributed by atoms with Crippen LogP contribution in [-0.2, 0) is 16.0 Å². The number of alkyl halides is 1. The summed E-state index contributed by atoms with van der Waals surface area (Å²) in [6.45, 7) is 0. The maximum Gasteiger partial charge on any atom is 0.319 e. The summed E-state index contributed by atoms with van der Waals surface area (Å²) in [5, 5.41) is 0. The van der Waals surface area contributed by atoms with E-state index < -0.39 is 10.8 Å². The zero-order valence-electron chi connectivity index (χ0n) is 9.00. The summed E-state index contributed by atoms with van der Waals surface area (Å²) in [7, 11) is 2.79. The van der Waals surface area contributed by atoms with E-state index >= 15 is 0 Å². The molecule has 0 aromatic heterocycles. The maximum absolute atomic E-state index is 13.4. The van der Waals surface area contributed by atoms with Gasteiger partial charge in [0.25, 0.3) is 0 Å². The molecule has 1 atom stereocenters. The second-order valence-electron chi connectivity index (χ2n) is 3.15. The molecule has 0 heterocycles. The van der Waals surface area contributed by atoms with Crippen LogP contribution in [0, 0.1) is 5.82 Å². The van der Waals surface area contributed by atoms with E-state index in [0.29, 0.717) is 11.3 Å². The van der Waals surface area contributed by atoms with Crippen molar-refractivity contribution < 1.29 is 18.7 Å². The van der Waals surface area contributed by atoms with Crippen molar-refractivity contribution in [1.29, 1.82) is 0 Å². The minimum atomic E-state index is -0.556. The molecule has 0 aliphatic carbocycles. The first-order chi connectivity index (χ1) is 7.58. The molecule has 0 spiro atoms. The molecule has 0 saturated carbocycles. The predicted octanol–water partition coefficient (Wildman–Crippen LogP) is 2.31. The van der Waals surface area contributed by atoms with E-state index in [9.17, 15) is 9.18 Å². The number of hydrogen-bond donors (Lipinski definition) is 0. The average molecular weight is 291 g/mol. The van der Waals surface area contributed by atoms with Crippen LogP contribution in [-0.4, -0.2) is 25.0 Å². The van der Waals surface area contributed by atoms with Crippen LogP contribution in [0.15, 0.2) is 18.2 Å². The molecule has 1 aromatic carbocycles. The second-order valence-corrected chi connectivity index (χ2v) is 4.26. The molecule has 3 nitrogen and oxygen atoms in total. The third kappa shape index (κ3) is 3.20. The molecule has 0 fully saturated rings. The molecule has 1 aromatic rings. The lowest BCUT2D eigenvalue weighted by atomic mass is 10.1. The first-order valence-electron chi connectivity index (χ1n) is 4.62. The van der Waals surface area contributed by atoms with E-state index in [0.717, 1.165) is 0 Å². The van der Waals surface area contributed by atoms with Gasteiger partial charge >= 0.3 is 5.97 Å². The highest BCUT2D eigenvalue weighted by molar-refractivity contribution is 9.10. The third-order valence-electron chi connectivity index (χ3n) is 2.11. The predicted molar refractivity (Wildman–Crippen MR) is 61.4 cm³/mol.